The molecule has 17 heavy (non-hydrogen) atoms. The average Bonchev–Trinajstić information content (AvgIpc) is 2.36. The van der Waals surface area contributed by atoms with Crippen LogP contribution in [0.15, 0.2) is 18.2 Å². The Kier molecular flexibility index (Phi) is 4.99. The van der Waals surface area contributed by atoms with Crippen LogP contribution in [0.1, 0.15) is 27.6 Å². The highest BCUT2D eigenvalue weighted by Gasteiger charge is 2.21. The standard InChI is InChI=1S/C12H16O4S/c1-7-8(11(14)10(13)6-17)4-3-5-9(7)12(15)16-2/h3-5,10-11,13-14,17H,6H2,1-2H3. The van der Waals surface area contributed by atoms with Crippen LogP contribution in [-0.4, -0.2) is 35.1 Å². The summed E-state index contributed by atoms with van der Waals surface area (Å²) in [7, 11) is 1.30. The summed E-state index contributed by atoms with van der Waals surface area (Å²) >= 11 is 3.92. The Hall–Kier alpha value is -1.04. The molecule has 0 amide bonds. The number of methoxy groups -OCH3 is 1. The van der Waals surface area contributed by atoms with Gasteiger partial charge in [-0.2, -0.15) is 12.6 Å². The Morgan fingerprint density at radius 1 is 1.47 bits per heavy atom. The second kappa shape index (κ2) is 6.05. The highest BCUT2D eigenvalue weighted by atomic mass is 32.1. The third-order valence-corrected chi connectivity index (χ3v) is 3.03. The molecule has 0 aliphatic heterocycles. The third-order valence-electron chi connectivity index (χ3n) is 2.65. The maximum absolute atomic E-state index is 11.5. The molecule has 4 nitrogen and oxygen atoms in total. The van der Waals surface area contributed by atoms with Gasteiger partial charge in [-0.15, -0.1) is 0 Å². The molecule has 0 saturated carbocycles. The number of esters is 1. The van der Waals surface area contributed by atoms with Crippen LogP contribution >= 0.6 is 12.6 Å². The van der Waals surface area contributed by atoms with Crippen molar-refractivity contribution in [1.82, 2.24) is 0 Å². The van der Waals surface area contributed by atoms with Gasteiger partial charge in [0, 0.05) is 5.75 Å². The summed E-state index contributed by atoms with van der Waals surface area (Å²) in [6, 6.07) is 4.92. The molecule has 2 N–H and O–H groups in total. The number of aliphatic hydroxyl groups is 2. The van der Waals surface area contributed by atoms with E-state index in [-0.39, 0.29) is 5.75 Å². The number of ether oxygens (including phenoxy) is 1. The quantitative estimate of drug-likeness (QED) is 0.557. The van der Waals surface area contributed by atoms with Crippen LogP contribution in [0.4, 0.5) is 0 Å². The highest BCUT2D eigenvalue weighted by Crippen LogP contribution is 2.24. The molecule has 94 valence electrons. The summed E-state index contributed by atoms with van der Waals surface area (Å²) < 4.78 is 4.64. The largest absolute Gasteiger partial charge is 0.465 e. The van der Waals surface area contributed by atoms with Crippen molar-refractivity contribution >= 4 is 18.6 Å². The molecule has 1 aromatic rings. The van der Waals surface area contributed by atoms with Crippen LogP contribution in [-0.2, 0) is 4.74 Å². The molecule has 0 radical (unpaired) electrons. The lowest BCUT2D eigenvalue weighted by Gasteiger charge is -2.19. The van der Waals surface area contributed by atoms with Crippen molar-refractivity contribution in [2.45, 2.75) is 19.1 Å². The van der Waals surface area contributed by atoms with Crippen molar-refractivity contribution in [1.29, 1.82) is 0 Å². The zero-order chi connectivity index (χ0) is 13.0. The predicted molar refractivity (Wildman–Crippen MR) is 67.3 cm³/mol. The van der Waals surface area contributed by atoms with Gasteiger partial charge in [-0.05, 0) is 24.1 Å². The van der Waals surface area contributed by atoms with Crippen LogP contribution in [0.3, 0.4) is 0 Å². The fourth-order valence-corrected chi connectivity index (χ4v) is 1.81. The average molecular weight is 256 g/mol. The molecule has 0 aromatic heterocycles. The van der Waals surface area contributed by atoms with Gasteiger partial charge in [-0.25, -0.2) is 4.79 Å². The van der Waals surface area contributed by atoms with Crippen molar-refractivity contribution in [2.24, 2.45) is 0 Å². The molecule has 0 fully saturated rings. The Morgan fingerprint density at radius 3 is 2.65 bits per heavy atom. The number of carbonyl (C=O) groups excluding carboxylic acids is 1. The van der Waals surface area contributed by atoms with E-state index >= 15 is 0 Å². The monoisotopic (exact) mass is 256 g/mol. The number of thiol groups is 1. The fourth-order valence-electron chi connectivity index (χ4n) is 1.61. The van der Waals surface area contributed by atoms with E-state index in [1.807, 2.05) is 0 Å². The molecule has 0 bridgehead atoms. The Bertz CT molecular complexity index is 405. The van der Waals surface area contributed by atoms with Crippen molar-refractivity contribution in [3.63, 3.8) is 0 Å². The minimum atomic E-state index is -1.06. The van der Waals surface area contributed by atoms with E-state index in [0.717, 1.165) is 0 Å². The van der Waals surface area contributed by atoms with Gasteiger partial charge in [0.2, 0.25) is 0 Å². The summed E-state index contributed by atoms with van der Waals surface area (Å²) in [5.74, 6) is -0.319. The van der Waals surface area contributed by atoms with Gasteiger partial charge >= 0.3 is 5.97 Å². The number of rotatable bonds is 4. The smallest absolute Gasteiger partial charge is 0.338 e. The molecule has 2 atom stereocenters. The maximum atomic E-state index is 11.5. The van der Waals surface area contributed by atoms with Crippen LogP contribution < -0.4 is 0 Å². The lowest BCUT2D eigenvalue weighted by atomic mass is 9.96. The summed E-state index contributed by atoms with van der Waals surface area (Å²) in [5.41, 5.74) is 1.50. The van der Waals surface area contributed by atoms with Gasteiger partial charge < -0.3 is 14.9 Å². The Balaban J connectivity index is 3.14. The SMILES string of the molecule is COC(=O)c1cccc(C(O)C(O)CS)c1C. The first-order valence-electron chi connectivity index (χ1n) is 5.17. The molecule has 0 aliphatic carbocycles. The number of aliphatic hydroxyl groups excluding tert-OH is 2. The van der Waals surface area contributed by atoms with Gasteiger partial charge in [0.25, 0.3) is 0 Å². The van der Waals surface area contributed by atoms with E-state index in [9.17, 15) is 15.0 Å². The maximum Gasteiger partial charge on any atom is 0.338 e. The lowest BCUT2D eigenvalue weighted by molar-refractivity contribution is 0.0331. The first-order chi connectivity index (χ1) is 8.02. The van der Waals surface area contributed by atoms with E-state index in [2.05, 4.69) is 17.4 Å². The topological polar surface area (TPSA) is 66.8 Å². The molecule has 1 aromatic carbocycles. The van der Waals surface area contributed by atoms with Crippen LogP contribution in [0.2, 0.25) is 0 Å². The van der Waals surface area contributed by atoms with Gasteiger partial charge in [0.05, 0.1) is 18.8 Å². The van der Waals surface area contributed by atoms with Crippen molar-refractivity contribution in [3.8, 4) is 0 Å². The summed E-state index contributed by atoms with van der Waals surface area (Å²) in [6.07, 6.45) is -2.03. The molecule has 0 aliphatic rings. The van der Waals surface area contributed by atoms with Crippen molar-refractivity contribution in [3.05, 3.63) is 34.9 Å². The minimum Gasteiger partial charge on any atom is -0.465 e. The number of carbonyl (C=O) groups is 1. The molecule has 0 saturated heterocycles. The van der Waals surface area contributed by atoms with Gasteiger partial charge in [0.1, 0.15) is 6.10 Å². The summed E-state index contributed by atoms with van der Waals surface area (Å²) in [5, 5.41) is 19.4. The predicted octanol–water partition coefficient (Wildman–Crippen LogP) is 1.11. The second-order valence-electron chi connectivity index (χ2n) is 3.71. The summed E-state index contributed by atoms with van der Waals surface area (Å²) in [6.45, 7) is 1.70. The van der Waals surface area contributed by atoms with Crippen LogP contribution in [0.25, 0.3) is 0 Å². The normalized spacial score (nSPS) is 14.2. The van der Waals surface area contributed by atoms with Crippen LogP contribution in [0, 0.1) is 6.92 Å². The third kappa shape index (κ3) is 3.00. The van der Waals surface area contributed by atoms with E-state index < -0.39 is 18.2 Å². The molecular formula is C12H16O4S. The van der Waals surface area contributed by atoms with Crippen LogP contribution in [0.5, 0.6) is 0 Å². The zero-order valence-electron chi connectivity index (χ0n) is 9.75. The van der Waals surface area contributed by atoms with Gasteiger partial charge in [0.15, 0.2) is 0 Å². The lowest BCUT2D eigenvalue weighted by Crippen LogP contribution is -2.21. The number of benzene rings is 1. The van der Waals surface area contributed by atoms with E-state index in [4.69, 9.17) is 0 Å². The molecule has 1 rings (SSSR count). The summed E-state index contributed by atoms with van der Waals surface area (Å²) in [4.78, 5) is 11.5. The molecule has 5 heteroatoms. The Morgan fingerprint density at radius 2 is 2.12 bits per heavy atom. The fraction of sp³-hybridized carbons (Fsp3) is 0.417. The second-order valence-corrected chi connectivity index (χ2v) is 4.07. The molecular weight excluding hydrogens is 240 g/mol. The first kappa shape index (κ1) is 14.0. The van der Waals surface area contributed by atoms with E-state index in [0.29, 0.717) is 16.7 Å². The van der Waals surface area contributed by atoms with Crippen molar-refractivity contribution in [2.75, 3.05) is 12.9 Å². The van der Waals surface area contributed by atoms with Crippen molar-refractivity contribution < 1.29 is 19.7 Å². The Labute approximate surface area is 106 Å². The molecule has 0 heterocycles. The van der Waals surface area contributed by atoms with E-state index in [1.54, 1.807) is 25.1 Å². The number of hydrogen-bond donors (Lipinski definition) is 3. The molecule has 2 unspecified atom stereocenters. The number of hydrogen-bond acceptors (Lipinski definition) is 5. The zero-order valence-corrected chi connectivity index (χ0v) is 10.6. The minimum absolute atomic E-state index is 0.142. The first-order valence-corrected chi connectivity index (χ1v) is 5.81. The van der Waals surface area contributed by atoms with Gasteiger partial charge in [-0.3, -0.25) is 0 Å². The van der Waals surface area contributed by atoms with Gasteiger partial charge in [-0.1, -0.05) is 12.1 Å². The highest BCUT2D eigenvalue weighted by molar-refractivity contribution is 7.80. The molecule has 0 spiro atoms. The van der Waals surface area contributed by atoms with E-state index in [1.165, 1.54) is 7.11 Å².